The van der Waals surface area contributed by atoms with Crippen molar-refractivity contribution in [3.05, 3.63) is 388 Å². The molecule has 114 heavy (non-hydrogen) atoms. The van der Waals surface area contributed by atoms with Crippen molar-refractivity contribution < 1.29 is 4.42 Å². The van der Waals surface area contributed by atoms with Crippen molar-refractivity contribution in [1.29, 1.82) is 0 Å². The van der Waals surface area contributed by atoms with Gasteiger partial charge in [-0.3, -0.25) is 9.13 Å². The molecule has 10 heteroatoms. The summed E-state index contributed by atoms with van der Waals surface area (Å²) in [6, 6.07) is 138. The van der Waals surface area contributed by atoms with E-state index < -0.39 is 0 Å². The molecule has 16 aromatic carbocycles. The van der Waals surface area contributed by atoms with Gasteiger partial charge >= 0.3 is 0 Å². The lowest BCUT2D eigenvalue weighted by Crippen LogP contribution is -2.03. The summed E-state index contributed by atoms with van der Waals surface area (Å²) in [5.74, 6) is 1.29. The van der Waals surface area contributed by atoms with Crippen LogP contribution in [-0.4, -0.2) is 38.2 Å². The molecule has 24 aromatic rings. The highest BCUT2D eigenvalue weighted by molar-refractivity contribution is 7.26. The van der Waals surface area contributed by atoms with Crippen LogP contribution in [0.5, 0.6) is 0 Å². The molecule has 0 saturated heterocycles. The normalized spacial score (nSPS) is 11.9. The van der Waals surface area contributed by atoms with Crippen molar-refractivity contribution in [2.75, 3.05) is 0 Å². The van der Waals surface area contributed by atoms with Gasteiger partial charge in [0.15, 0.2) is 0 Å². The number of para-hydroxylation sites is 5. The molecule has 0 aliphatic carbocycles. The Morgan fingerprint density at radius 2 is 0.535 bits per heavy atom. The largest absolute Gasteiger partial charge is 0.456 e. The Morgan fingerprint density at radius 3 is 0.982 bits per heavy atom. The molecular weight excluding hydrogens is 1410 g/mol. The fourth-order valence-electron chi connectivity index (χ4n) is 17.4. The summed E-state index contributed by atoms with van der Waals surface area (Å²) in [5, 5.41) is 14.4. The van der Waals surface area contributed by atoms with Crippen molar-refractivity contribution >= 4 is 141 Å². The van der Waals surface area contributed by atoms with E-state index in [1.807, 2.05) is 47.7 Å². The molecule has 0 saturated carbocycles. The average molecular weight is 1470 g/mol. The molecule has 0 spiro atoms. The van der Waals surface area contributed by atoms with Gasteiger partial charge in [0.05, 0.1) is 77.3 Å². The summed E-state index contributed by atoms with van der Waals surface area (Å²) < 4.78 is 18.1. The first-order valence-corrected chi connectivity index (χ1v) is 39.3. The van der Waals surface area contributed by atoms with Crippen molar-refractivity contribution in [2.45, 2.75) is 0 Å². The fraction of sp³-hybridized carbons (Fsp3) is 0. The molecule has 532 valence electrons. The summed E-state index contributed by atoms with van der Waals surface area (Å²) in [6.45, 7) is 0. The number of hydrogen-bond donors (Lipinski definition) is 0. The van der Waals surface area contributed by atoms with Crippen LogP contribution >= 0.6 is 11.3 Å². The van der Waals surface area contributed by atoms with Gasteiger partial charge in [-0.25, -0.2) is 19.9 Å². The fourth-order valence-corrected chi connectivity index (χ4v) is 18.6. The molecular formula is C104H64N8OS. The second-order valence-corrected chi connectivity index (χ2v) is 30.3. The van der Waals surface area contributed by atoms with E-state index in [0.717, 1.165) is 128 Å². The Labute approximate surface area is 657 Å². The molecule has 9 nitrogen and oxygen atoms in total. The highest BCUT2D eigenvalue weighted by Crippen LogP contribution is 2.45. The lowest BCUT2D eigenvalue weighted by atomic mass is 10.0. The van der Waals surface area contributed by atoms with Gasteiger partial charge < -0.3 is 13.6 Å². The molecule has 0 radical (unpaired) electrons. The maximum absolute atomic E-state index is 6.18. The summed E-state index contributed by atoms with van der Waals surface area (Å²) in [5.41, 5.74) is 25.5. The summed E-state index contributed by atoms with van der Waals surface area (Å²) in [7, 11) is 0. The quantitative estimate of drug-likeness (QED) is 0.136. The van der Waals surface area contributed by atoms with Crippen molar-refractivity contribution in [2.24, 2.45) is 0 Å². The van der Waals surface area contributed by atoms with E-state index in [4.69, 9.17) is 24.4 Å². The lowest BCUT2D eigenvalue weighted by molar-refractivity contribution is 0.669. The average Bonchev–Trinajstić information content (AvgIpc) is 1.61. The van der Waals surface area contributed by atoms with E-state index in [1.54, 1.807) is 0 Å². The zero-order chi connectivity index (χ0) is 74.9. The molecule has 0 amide bonds. The van der Waals surface area contributed by atoms with Crippen LogP contribution < -0.4 is 0 Å². The Hall–Kier alpha value is -15.1. The maximum atomic E-state index is 6.18. The number of furan rings is 1. The minimum Gasteiger partial charge on any atom is -0.456 e. The molecule has 24 rings (SSSR count). The van der Waals surface area contributed by atoms with Crippen LogP contribution in [0.15, 0.2) is 393 Å². The Bertz CT molecular complexity index is 7860. The van der Waals surface area contributed by atoms with Gasteiger partial charge in [0.1, 0.15) is 11.2 Å². The van der Waals surface area contributed by atoms with Crippen LogP contribution in [0.25, 0.3) is 220 Å². The predicted octanol–water partition coefficient (Wildman–Crippen LogP) is 27.6. The first-order chi connectivity index (χ1) is 56.5. The lowest BCUT2D eigenvalue weighted by Gasteiger charge is -2.12. The summed E-state index contributed by atoms with van der Waals surface area (Å²) in [6.07, 6.45) is 0. The van der Waals surface area contributed by atoms with Gasteiger partial charge in [0.25, 0.3) is 0 Å². The number of thiophene rings is 1. The number of aromatic nitrogens is 8. The second kappa shape index (κ2) is 26.3. The Kier molecular flexibility index (Phi) is 15.0. The predicted molar refractivity (Wildman–Crippen MR) is 474 cm³/mol. The molecule has 8 aromatic heterocycles. The monoisotopic (exact) mass is 1470 g/mol. The van der Waals surface area contributed by atoms with Gasteiger partial charge in [-0.2, -0.15) is 0 Å². The third-order valence-electron chi connectivity index (χ3n) is 22.7. The smallest absolute Gasteiger partial charge is 0.235 e. The van der Waals surface area contributed by atoms with Crippen molar-refractivity contribution in [3.63, 3.8) is 0 Å². The van der Waals surface area contributed by atoms with Crippen LogP contribution in [0.2, 0.25) is 0 Å². The van der Waals surface area contributed by atoms with Crippen molar-refractivity contribution in [1.82, 2.24) is 38.2 Å². The zero-order valence-electron chi connectivity index (χ0n) is 61.3. The highest BCUT2D eigenvalue weighted by atomic mass is 32.1. The number of nitrogens with zero attached hydrogens (tertiary/aromatic N) is 8. The Morgan fingerprint density at radius 1 is 0.202 bits per heavy atom. The topological polar surface area (TPSA) is 84.4 Å². The van der Waals surface area contributed by atoms with E-state index in [0.29, 0.717) is 11.9 Å². The van der Waals surface area contributed by atoms with Crippen molar-refractivity contribution in [3.8, 4) is 90.6 Å². The van der Waals surface area contributed by atoms with Crippen LogP contribution in [0.3, 0.4) is 0 Å². The van der Waals surface area contributed by atoms with Gasteiger partial charge in [-0.05, 0) is 144 Å². The van der Waals surface area contributed by atoms with E-state index in [1.165, 1.54) is 80.5 Å². The third-order valence-corrected chi connectivity index (χ3v) is 23.9. The van der Waals surface area contributed by atoms with Gasteiger partial charge in [0.2, 0.25) is 11.9 Å². The van der Waals surface area contributed by atoms with Gasteiger partial charge in [-0.1, -0.05) is 267 Å². The number of benzene rings is 16. The minimum absolute atomic E-state index is 0.644. The molecule has 0 N–H and O–H groups in total. The first-order valence-electron chi connectivity index (χ1n) is 38.5. The number of fused-ring (bicyclic) bond motifs is 18. The van der Waals surface area contributed by atoms with E-state index in [9.17, 15) is 0 Å². The highest BCUT2D eigenvalue weighted by Gasteiger charge is 2.24. The van der Waals surface area contributed by atoms with E-state index in [2.05, 4.69) is 370 Å². The zero-order valence-corrected chi connectivity index (χ0v) is 62.2. The standard InChI is InChI=1S/C52H32N4O.C52H32N4S/c1-3-13-33(14-4-1)44-32-45(34-15-5-2-6-16-34)54-52(53-44)56-47-21-11-8-18-39(47)42-30-36(24-27-49(42)56)35-23-26-48-41(29-35)38-17-7-10-20-46(38)55(48)37-25-28-51-43(31-37)40-19-9-12-22-50(40)57-51;1-3-14-33(15-4-1)43-32-44(34-16-5-2-6-17-34)54-52(53-43)56-46-23-11-8-19-38(46)42-31-36(27-29-48(42)56)35-26-28-47-41(30-35)37-18-7-10-22-45(37)55(47)49-24-13-21-40-39-20-9-12-25-50(39)57-51(40)49/h2*1-32H. The number of rotatable bonds is 10. The summed E-state index contributed by atoms with van der Waals surface area (Å²) >= 11 is 1.87. The third kappa shape index (κ3) is 10.6. The molecule has 0 aliphatic rings. The second-order valence-electron chi connectivity index (χ2n) is 29.2. The molecule has 0 fully saturated rings. The summed E-state index contributed by atoms with van der Waals surface area (Å²) in [4.78, 5) is 20.9. The number of hydrogen-bond acceptors (Lipinski definition) is 6. The SMILES string of the molecule is c1ccc(-c2cc(-c3ccccc3)nc(-n3c4ccccc4c4cc(-c5ccc6c(c5)c5ccccc5n6-c5ccc6oc7ccccc7c6c5)ccc43)n2)cc1.c1ccc(-c2cc(-c3ccccc3)nc(-n3c4ccccc4c4cc(-c5ccc6c(c5)c5ccccc5n6-c5cccc6c5sc5ccccc56)ccc43)n2)cc1. The van der Waals surface area contributed by atoms with Crippen LogP contribution in [0.4, 0.5) is 0 Å². The molecule has 0 bridgehead atoms. The molecule has 0 unspecified atom stereocenters. The van der Waals surface area contributed by atoms with Gasteiger partial charge in [-0.15, -0.1) is 11.3 Å². The van der Waals surface area contributed by atoms with E-state index in [-0.39, 0.29) is 0 Å². The minimum atomic E-state index is 0.644. The van der Waals surface area contributed by atoms with Crippen LogP contribution in [0.1, 0.15) is 0 Å². The van der Waals surface area contributed by atoms with E-state index >= 15 is 0 Å². The molecule has 0 aliphatic heterocycles. The first kappa shape index (κ1) is 64.8. The molecule has 8 heterocycles. The Balaban J connectivity index is 0.000000135. The molecule has 0 atom stereocenters. The van der Waals surface area contributed by atoms with Crippen LogP contribution in [0, 0.1) is 0 Å². The van der Waals surface area contributed by atoms with Crippen LogP contribution in [-0.2, 0) is 0 Å². The van der Waals surface area contributed by atoms with Gasteiger partial charge in [0, 0.05) is 97.3 Å². The maximum Gasteiger partial charge on any atom is 0.235 e.